The summed E-state index contributed by atoms with van der Waals surface area (Å²) in [7, 11) is -3.87. The number of carboxylic acid groups (broad SMARTS) is 1. The molecule has 2 aromatic rings. The summed E-state index contributed by atoms with van der Waals surface area (Å²) in [6.45, 7) is -0.340. The summed E-state index contributed by atoms with van der Waals surface area (Å²) in [5, 5.41) is 22.2. The van der Waals surface area contributed by atoms with Crippen LogP contribution in [0.3, 0.4) is 0 Å². The van der Waals surface area contributed by atoms with Crippen molar-refractivity contribution in [1.82, 2.24) is 10.6 Å². The summed E-state index contributed by atoms with van der Waals surface area (Å²) in [5.74, 6) is -3.71. The van der Waals surface area contributed by atoms with Gasteiger partial charge in [-0.15, -0.1) is 0 Å². The van der Waals surface area contributed by atoms with E-state index in [1.807, 2.05) is 0 Å². The van der Waals surface area contributed by atoms with Gasteiger partial charge in [0.1, 0.15) is 12.6 Å². The lowest BCUT2D eigenvalue weighted by molar-refractivity contribution is -0.122. The molecule has 30 heavy (non-hydrogen) atoms. The van der Waals surface area contributed by atoms with Crippen LogP contribution < -0.4 is 10.6 Å². The van der Waals surface area contributed by atoms with E-state index in [9.17, 15) is 22.8 Å². The minimum absolute atomic E-state index is 0.0139. The van der Waals surface area contributed by atoms with Crippen LogP contribution in [-0.2, 0) is 20.4 Å². The highest BCUT2D eigenvalue weighted by molar-refractivity contribution is 7.90. The molecule has 0 aliphatic heterocycles. The standard InChI is InChI=1S/C20H19N3O6S/c21-10-11-22-19(25)17(23-18(24)15-4-2-1-3-5-15)13-30(28,29)12-14-6-8-16(9-7-14)20(26)27/h1-9,17H,11-13H2,(H,22,25)(H,23,24)(H,26,27). The van der Waals surface area contributed by atoms with Gasteiger partial charge in [0, 0.05) is 5.56 Å². The van der Waals surface area contributed by atoms with E-state index >= 15 is 0 Å². The van der Waals surface area contributed by atoms with Crippen LogP contribution in [0.5, 0.6) is 0 Å². The number of carbonyl (C=O) groups is 3. The number of aromatic carboxylic acids is 1. The number of nitrogens with one attached hydrogen (secondary N) is 2. The fourth-order valence-electron chi connectivity index (χ4n) is 2.57. The number of amides is 2. The highest BCUT2D eigenvalue weighted by Gasteiger charge is 2.27. The van der Waals surface area contributed by atoms with Crippen molar-refractivity contribution in [2.45, 2.75) is 11.8 Å². The number of rotatable bonds is 9. The fourth-order valence-corrected chi connectivity index (χ4v) is 4.13. The second-order valence-electron chi connectivity index (χ2n) is 6.32. The lowest BCUT2D eigenvalue weighted by Gasteiger charge is -2.18. The van der Waals surface area contributed by atoms with E-state index in [-0.39, 0.29) is 17.7 Å². The van der Waals surface area contributed by atoms with Crippen molar-refractivity contribution in [1.29, 1.82) is 5.26 Å². The maximum absolute atomic E-state index is 12.6. The summed E-state index contributed by atoms with van der Waals surface area (Å²) >= 11 is 0. The van der Waals surface area contributed by atoms with Gasteiger partial charge in [-0.1, -0.05) is 30.3 Å². The topological polar surface area (TPSA) is 153 Å². The Morgan fingerprint density at radius 3 is 2.20 bits per heavy atom. The molecule has 1 unspecified atom stereocenters. The number of sulfone groups is 1. The third-order valence-electron chi connectivity index (χ3n) is 4.01. The van der Waals surface area contributed by atoms with Crippen LogP contribution in [0, 0.1) is 11.3 Å². The molecule has 0 aromatic heterocycles. The molecule has 156 valence electrons. The quantitative estimate of drug-likeness (QED) is 0.497. The fraction of sp³-hybridized carbons (Fsp3) is 0.200. The van der Waals surface area contributed by atoms with E-state index < -0.39 is 45.2 Å². The normalized spacial score (nSPS) is 11.7. The number of hydrogen-bond donors (Lipinski definition) is 3. The SMILES string of the molecule is N#CCNC(=O)C(CS(=O)(=O)Cc1ccc(C(=O)O)cc1)NC(=O)c1ccccc1. The Morgan fingerprint density at radius 1 is 1.00 bits per heavy atom. The molecule has 2 aromatic carbocycles. The van der Waals surface area contributed by atoms with E-state index in [0.29, 0.717) is 5.56 Å². The molecule has 1 atom stereocenters. The monoisotopic (exact) mass is 429 g/mol. The van der Waals surface area contributed by atoms with Crippen LogP contribution in [0.1, 0.15) is 26.3 Å². The van der Waals surface area contributed by atoms with Crippen molar-refractivity contribution in [3.8, 4) is 6.07 Å². The highest BCUT2D eigenvalue weighted by Crippen LogP contribution is 2.11. The Bertz CT molecular complexity index is 1060. The Kier molecular flexibility index (Phi) is 7.66. The van der Waals surface area contributed by atoms with Gasteiger partial charge in [0.2, 0.25) is 5.91 Å². The van der Waals surface area contributed by atoms with Crippen molar-refractivity contribution in [3.63, 3.8) is 0 Å². The first-order valence-electron chi connectivity index (χ1n) is 8.75. The zero-order chi connectivity index (χ0) is 22.1. The molecule has 0 bridgehead atoms. The Hall–Kier alpha value is -3.71. The molecule has 0 fully saturated rings. The summed E-state index contributed by atoms with van der Waals surface area (Å²) in [4.78, 5) is 35.6. The van der Waals surface area contributed by atoms with Crippen LogP contribution in [-0.4, -0.2) is 49.6 Å². The lowest BCUT2D eigenvalue weighted by Crippen LogP contribution is -2.50. The molecule has 10 heteroatoms. The first-order chi connectivity index (χ1) is 14.2. The number of nitrogens with zero attached hydrogens (tertiary/aromatic N) is 1. The molecule has 9 nitrogen and oxygen atoms in total. The molecule has 2 rings (SSSR count). The number of carbonyl (C=O) groups excluding carboxylic acids is 2. The summed E-state index contributed by atoms with van der Waals surface area (Å²) < 4.78 is 25.2. The van der Waals surface area contributed by atoms with Gasteiger partial charge in [0.15, 0.2) is 9.84 Å². The average Bonchev–Trinajstić information content (AvgIpc) is 2.72. The predicted octanol–water partition coefficient (Wildman–Crippen LogP) is 0.738. The Labute approximate surface area is 173 Å². The van der Waals surface area contributed by atoms with Gasteiger partial charge in [-0.3, -0.25) is 9.59 Å². The minimum atomic E-state index is -3.87. The Balaban J connectivity index is 2.16. The smallest absolute Gasteiger partial charge is 0.335 e. The van der Waals surface area contributed by atoms with E-state index in [1.54, 1.807) is 24.3 Å². The van der Waals surface area contributed by atoms with Crippen molar-refractivity contribution in [3.05, 3.63) is 71.3 Å². The van der Waals surface area contributed by atoms with Crippen LogP contribution in [0.4, 0.5) is 0 Å². The van der Waals surface area contributed by atoms with Crippen molar-refractivity contribution in [2.75, 3.05) is 12.3 Å². The lowest BCUT2D eigenvalue weighted by atomic mass is 10.1. The number of carboxylic acids is 1. The molecular weight excluding hydrogens is 410 g/mol. The molecule has 0 aliphatic carbocycles. The maximum Gasteiger partial charge on any atom is 0.335 e. The van der Waals surface area contributed by atoms with E-state index in [2.05, 4.69) is 10.6 Å². The van der Waals surface area contributed by atoms with Gasteiger partial charge in [-0.25, -0.2) is 13.2 Å². The molecule has 0 spiro atoms. The van der Waals surface area contributed by atoms with Crippen LogP contribution in [0.15, 0.2) is 54.6 Å². The molecule has 2 amide bonds. The molecular formula is C20H19N3O6S. The second kappa shape index (κ2) is 10.2. The molecule has 0 saturated carbocycles. The van der Waals surface area contributed by atoms with Crippen molar-refractivity contribution >= 4 is 27.6 Å². The number of benzene rings is 2. The third-order valence-corrected chi connectivity index (χ3v) is 5.62. The largest absolute Gasteiger partial charge is 0.478 e. The van der Waals surface area contributed by atoms with E-state index in [1.165, 1.54) is 36.4 Å². The van der Waals surface area contributed by atoms with Crippen LogP contribution in [0.25, 0.3) is 0 Å². The molecule has 0 heterocycles. The van der Waals surface area contributed by atoms with Crippen molar-refractivity contribution in [2.24, 2.45) is 0 Å². The van der Waals surface area contributed by atoms with Gasteiger partial charge in [-0.2, -0.15) is 5.26 Å². The predicted molar refractivity (Wildman–Crippen MR) is 107 cm³/mol. The summed E-state index contributed by atoms with van der Waals surface area (Å²) in [6.07, 6.45) is 0. The Morgan fingerprint density at radius 2 is 1.63 bits per heavy atom. The molecule has 0 saturated heterocycles. The van der Waals surface area contributed by atoms with Gasteiger partial charge >= 0.3 is 5.97 Å². The second-order valence-corrected chi connectivity index (χ2v) is 8.43. The number of nitriles is 1. The summed E-state index contributed by atoms with van der Waals surface area (Å²) in [5.41, 5.74) is 0.600. The van der Waals surface area contributed by atoms with Crippen LogP contribution >= 0.6 is 0 Å². The van der Waals surface area contributed by atoms with E-state index in [4.69, 9.17) is 10.4 Å². The third kappa shape index (κ3) is 6.72. The molecule has 0 radical (unpaired) electrons. The molecule has 3 N–H and O–H groups in total. The first-order valence-corrected chi connectivity index (χ1v) is 10.6. The average molecular weight is 429 g/mol. The molecule has 0 aliphatic rings. The van der Waals surface area contributed by atoms with Gasteiger partial charge in [0.05, 0.1) is 23.1 Å². The maximum atomic E-state index is 12.6. The van der Waals surface area contributed by atoms with Crippen molar-refractivity contribution < 1.29 is 27.9 Å². The zero-order valence-corrected chi connectivity index (χ0v) is 16.6. The summed E-state index contributed by atoms with van der Waals surface area (Å²) in [6, 6.07) is 13.6. The first kappa shape index (κ1) is 22.6. The van der Waals surface area contributed by atoms with Gasteiger partial charge in [0.25, 0.3) is 5.91 Å². The number of hydrogen-bond acceptors (Lipinski definition) is 6. The minimum Gasteiger partial charge on any atom is -0.478 e. The van der Waals surface area contributed by atoms with Gasteiger partial charge < -0.3 is 15.7 Å². The zero-order valence-electron chi connectivity index (χ0n) is 15.7. The van der Waals surface area contributed by atoms with Gasteiger partial charge in [-0.05, 0) is 29.8 Å². The van der Waals surface area contributed by atoms with Crippen LogP contribution in [0.2, 0.25) is 0 Å². The van der Waals surface area contributed by atoms with E-state index in [0.717, 1.165) is 0 Å². The highest BCUT2D eigenvalue weighted by atomic mass is 32.2.